The van der Waals surface area contributed by atoms with Crippen molar-refractivity contribution in [1.29, 1.82) is 0 Å². The molecule has 0 aromatic carbocycles. The molecule has 2 heterocycles. The topological polar surface area (TPSA) is 83.3 Å². The van der Waals surface area contributed by atoms with Crippen molar-refractivity contribution in [3.8, 4) is 0 Å². The molecule has 0 saturated carbocycles. The van der Waals surface area contributed by atoms with Crippen LogP contribution in [0.25, 0.3) is 0 Å². The number of piperidine rings is 1. The second kappa shape index (κ2) is 6.43. The van der Waals surface area contributed by atoms with Crippen LogP contribution in [0.4, 0.5) is 10.7 Å². The first kappa shape index (κ1) is 15.8. The Kier molecular flexibility index (Phi) is 4.82. The zero-order valence-corrected chi connectivity index (χ0v) is 13.2. The van der Waals surface area contributed by atoms with Crippen LogP contribution < -0.4 is 5.32 Å². The highest BCUT2D eigenvalue weighted by Crippen LogP contribution is 2.24. The van der Waals surface area contributed by atoms with Gasteiger partial charge in [0.25, 0.3) is 0 Å². The number of nitrogens with one attached hydrogen (secondary N) is 1. The Morgan fingerprint density at radius 1 is 1.38 bits per heavy atom. The van der Waals surface area contributed by atoms with Gasteiger partial charge >= 0.3 is 6.03 Å². The van der Waals surface area contributed by atoms with Gasteiger partial charge in [0, 0.05) is 20.1 Å². The Balaban J connectivity index is 1.86. The minimum Gasteiger partial charge on any atom is -0.393 e. The number of aromatic nitrogens is 3. The zero-order chi connectivity index (χ0) is 15.6. The summed E-state index contributed by atoms with van der Waals surface area (Å²) in [6, 6.07) is -0.168. The molecule has 2 amide bonds. The number of hydrogen-bond donors (Lipinski definition) is 2. The number of anilines is 1. The highest BCUT2D eigenvalue weighted by Gasteiger charge is 2.29. The van der Waals surface area contributed by atoms with E-state index in [1.165, 1.54) is 0 Å². The summed E-state index contributed by atoms with van der Waals surface area (Å²) in [6.45, 7) is 7.21. The van der Waals surface area contributed by atoms with Crippen molar-refractivity contribution in [3.05, 3.63) is 5.82 Å². The van der Waals surface area contributed by atoms with E-state index in [1.807, 2.05) is 20.8 Å². The van der Waals surface area contributed by atoms with Gasteiger partial charge in [0.1, 0.15) is 5.82 Å². The molecule has 2 N–H and O–H groups in total. The third-order valence-electron chi connectivity index (χ3n) is 4.19. The van der Waals surface area contributed by atoms with Crippen molar-refractivity contribution in [2.24, 2.45) is 18.9 Å². The number of hydrogen-bond acceptors (Lipinski definition) is 4. The molecule has 1 fully saturated rings. The van der Waals surface area contributed by atoms with Crippen LogP contribution in [0.3, 0.4) is 0 Å². The summed E-state index contributed by atoms with van der Waals surface area (Å²) in [4.78, 5) is 18.1. The first-order valence-corrected chi connectivity index (χ1v) is 7.50. The lowest BCUT2D eigenvalue weighted by atomic mass is 9.86. The fraction of sp³-hybridized carbons (Fsp3) is 0.786. The monoisotopic (exact) mass is 295 g/mol. The maximum Gasteiger partial charge on any atom is 0.324 e. The van der Waals surface area contributed by atoms with Gasteiger partial charge in [0.15, 0.2) is 0 Å². The molecule has 1 aromatic heterocycles. The highest BCUT2D eigenvalue weighted by atomic mass is 16.3. The molecule has 1 aromatic rings. The molecule has 2 rings (SSSR count). The van der Waals surface area contributed by atoms with Crippen LogP contribution >= 0.6 is 0 Å². The fourth-order valence-corrected chi connectivity index (χ4v) is 2.68. The van der Waals surface area contributed by atoms with E-state index in [1.54, 1.807) is 16.6 Å². The molecule has 1 unspecified atom stereocenters. The van der Waals surface area contributed by atoms with Gasteiger partial charge in [-0.15, -0.1) is 5.10 Å². The van der Waals surface area contributed by atoms with E-state index in [0.29, 0.717) is 19.0 Å². The lowest BCUT2D eigenvalue weighted by Crippen LogP contribution is -2.44. The molecule has 1 atom stereocenters. The predicted molar refractivity (Wildman–Crippen MR) is 79.9 cm³/mol. The standard InChI is InChI=1S/C14H25N5O2/c1-9(2)12(20)11-5-7-19(8-6-11)14(21)16-13-15-10(3)18(4)17-13/h9,11-12,20H,5-8H2,1-4H3,(H,16,17,21). The van der Waals surface area contributed by atoms with Crippen LogP contribution in [-0.4, -0.2) is 50.0 Å². The van der Waals surface area contributed by atoms with Crippen LogP contribution in [0.15, 0.2) is 0 Å². The van der Waals surface area contributed by atoms with Crippen molar-refractivity contribution >= 4 is 12.0 Å². The normalized spacial score (nSPS) is 18.1. The largest absolute Gasteiger partial charge is 0.393 e. The van der Waals surface area contributed by atoms with Crippen LogP contribution in [0, 0.1) is 18.8 Å². The molecule has 0 bridgehead atoms. The molecule has 0 aliphatic carbocycles. The molecular formula is C14H25N5O2. The summed E-state index contributed by atoms with van der Waals surface area (Å²) in [5.74, 6) is 1.63. The second-order valence-corrected chi connectivity index (χ2v) is 6.10. The molecule has 0 radical (unpaired) electrons. The number of aryl methyl sites for hydroxylation is 2. The number of likely N-dealkylation sites (tertiary alicyclic amines) is 1. The van der Waals surface area contributed by atoms with Gasteiger partial charge in [-0.25, -0.2) is 4.79 Å². The maximum absolute atomic E-state index is 12.2. The number of urea groups is 1. The molecule has 1 saturated heterocycles. The van der Waals surface area contributed by atoms with Gasteiger partial charge in [0.05, 0.1) is 6.10 Å². The Hall–Kier alpha value is -1.63. The molecule has 21 heavy (non-hydrogen) atoms. The van der Waals surface area contributed by atoms with E-state index in [0.717, 1.165) is 18.7 Å². The Bertz CT molecular complexity index is 472. The van der Waals surface area contributed by atoms with Crippen LogP contribution in [0.2, 0.25) is 0 Å². The van der Waals surface area contributed by atoms with Gasteiger partial charge in [-0.1, -0.05) is 13.8 Å². The van der Waals surface area contributed by atoms with E-state index in [9.17, 15) is 9.90 Å². The number of rotatable bonds is 3. The lowest BCUT2D eigenvalue weighted by molar-refractivity contribution is 0.0355. The van der Waals surface area contributed by atoms with E-state index in [4.69, 9.17) is 0 Å². The van der Waals surface area contributed by atoms with Crippen LogP contribution in [0.5, 0.6) is 0 Å². The number of carbonyl (C=O) groups excluding carboxylic acids is 1. The van der Waals surface area contributed by atoms with Gasteiger partial charge < -0.3 is 10.0 Å². The number of aliphatic hydroxyl groups is 1. The average Bonchev–Trinajstić information content (AvgIpc) is 2.76. The first-order chi connectivity index (χ1) is 9.88. The summed E-state index contributed by atoms with van der Waals surface area (Å²) in [6.07, 6.45) is 1.39. The quantitative estimate of drug-likeness (QED) is 0.882. The van der Waals surface area contributed by atoms with Gasteiger partial charge in [-0.2, -0.15) is 4.98 Å². The number of amides is 2. The second-order valence-electron chi connectivity index (χ2n) is 6.10. The minimum absolute atomic E-state index is 0.168. The van der Waals surface area contributed by atoms with Gasteiger partial charge in [0.2, 0.25) is 5.95 Å². The predicted octanol–water partition coefficient (Wildman–Crippen LogP) is 1.38. The van der Waals surface area contributed by atoms with E-state index in [-0.39, 0.29) is 24.0 Å². The van der Waals surface area contributed by atoms with Crippen molar-refractivity contribution < 1.29 is 9.90 Å². The van der Waals surface area contributed by atoms with E-state index in [2.05, 4.69) is 15.4 Å². The summed E-state index contributed by atoms with van der Waals surface area (Å²) in [7, 11) is 1.79. The number of aliphatic hydroxyl groups excluding tert-OH is 1. The molecule has 1 aliphatic rings. The Labute approximate surface area is 125 Å². The van der Waals surface area contributed by atoms with Crippen LogP contribution in [0.1, 0.15) is 32.5 Å². The summed E-state index contributed by atoms with van der Waals surface area (Å²) >= 11 is 0. The van der Waals surface area contributed by atoms with Crippen LogP contribution in [-0.2, 0) is 7.05 Å². The third kappa shape index (κ3) is 3.72. The fourth-order valence-electron chi connectivity index (χ4n) is 2.68. The van der Waals surface area contributed by atoms with E-state index >= 15 is 0 Å². The third-order valence-corrected chi connectivity index (χ3v) is 4.19. The highest BCUT2D eigenvalue weighted by molar-refractivity contribution is 5.87. The number of carbonyl (C=O) groups is 1. The van der Waals surface area contributed by atoms with Crippen molar-refractivity contribution in [1.82, 2.24) is 19.7 Å². The van der Waals surface area contributed by atoms with Gasteiger partial charge in [-0.3, -0.25) is 10.00 Å². The van der Waals surface area contributed by atoms with Crippen molar-refractivity contribution in [2.75, 3.05) is 18.4 Å². The molecule has 0 spiro atoms. The molecule has 7 heteroatoms. The molecular weight excluding hydrogens is 270 g/mol. The summed E-state index contributed by atoms with van der Waals surface area (Å²) < 4.78 is 1.63. The SMILES string of the molecule is Cc1nc(NC(=O)N2CCC(C(O)C(C)C)CC2)nn1C. The lowest BCUT2D eigenvalue weighted by Gasteiger charge is -2.35. The Morgan fingerprint density at radius 3 is 2.48 bits per heavy atom. The Morgan fingerprint density at radius 2 is 2.00 bits per heavy atom. The first-order valence-electron chi connectivity index (χ1n) is 7.50. The average molecular weight is 295 g/mol. The summed E-state index contributed by atoms with van der Waals surface area (Å²) in [5, 5.41) is 16.9. The maximum atomic E-state index is 12.2. The van der Waals surface area contributed by atoms with E-state index < -0.39 is 0 Å². The zero-order valence-electron chi connectivity index (χ0n) is 13.2. The van der Waals surface area contributed by atoms with Crippen molar-refractivity contribution in [2.45, 2.75) is 39.7 Å². The number of nitrogens with zero attached hydrogens (tertiary/aromatic N) is 4. The smallest absolute Gasteiger partial charge is 0.324 e. The summed E-state index contributed by atoms with van der Waals surface area (Å²) in [5.41, 5.74) is 0. The molecule has 7 nitrogen and oxygen atoms in total. The molecule has 118 valence electrons. The van der Waals surface area contributed by atoms with Gasteiger partial charge in [-0.05, 0) is 31.6 Å². The molecule has 1 aliphatic heterocycles. The minimum atomic E-state index is -0.282. The van der Waals surface area contributed by atoms with Crippen molar-refractivity contribution in [3.63, 3.8) is 0 Å².